The van der Waals surface area contributed by atoms with E-state index in [4.69, 9.17) is 0 Å². The standard InChI is InChI=1S/C69H44/c1-69(2)63-19-6-5-17-57(63)62-40-49(30-37-64(62)69)53-31-28-50(39-61(53)56-33-25-47-23-21-43-13-8-15-45-27-36-59(56)68(47)66(43)45)60-38-48(52-18-9-11-41-10-3-4-16-51(41)52)29-34-55(60)54-32-24-46-22-20-42-12-7-14-44-26-35-58(54)67(46)65(42)44/h3-40H,1-2H3. The Morgan fingerprint density at radius 3 is 1.33 bits per heavy atom. The lowest BCUT2D eigenvalue weighted by Crippen LogP contribution is -2.14. The normalized spacial score (nSPS) is 13.2. The monoisotopic (exact) mass is 872 g/mol. The maximum absolute atomic E-state index is 2.51. The molecule has 15 rings (SSSR count). The van der Waals surface area contributed by atoms with Gasteiger partial charge in [-0.2, -0.15) is 0 Å². The van der Waals surface area contributed by atoms with E-state index in [2.05, 4.69) is 244 Å². The van der Waals surface area contributed by atoms with Crippen molar-refractivity contribution in [2.75, 3.05) is 0 Å². The average Bonchev–Trinajstić information content (AvgIpc) is 3.63. The lowest BCUT2D eigenvalue weighted by atomic mass is 9.81. The zero-order chi connectivity index (χ0) is 45.5. The number of hydrogen-bond donors (Lipinski definition) is 0. The van der Waals surface area contributed by atoms with Crippen LogP contribution in [0.2, 0.25) is 0 Å². The van der Waals surface area contributed by atoms with E-state index in [-0.39, 0.29) is 5.41 Å². The average molecular weight is 873 g/mol. The summed E-state index contributed by atoms with van der Waals surface area (Å²) >= 11 is 0. The van der Waals surface area contributed by atoms with Crippen molar-refractivity contribution in [1.29, 1.82) is 0 Å². The van der Waals surface area contributed by atoms with Gasteiger partial charge in [0.05, 0.1) is 0 Å². The molecule has 1 aliphatic rings. The number of benzene rings is 14. The van der Waals surface area contributed by atoms with Crippen molar-refractivity contribution >= 4 is 75.4 Å². The van der Waals surface area contributed by atoms with Gasteiger partial charge in [-0.15, -0.1) is 0 Å². The van der Waals surface area contributed by atoms with Crippen LogP contribution in [0.5, 0.6) is 0 Å². The third-order valence-corrected chi connectivity index (χ3v) is 16.0. The number of fused-ring (bicyclic) bond motifs is 4. The Kier molecular flexibility index (Phi) is 7.94. The Bertz CT molecular complexity index is 4410. The van der Waals surface area contributed by atoms with Crippen LogP contribution in [0, 0.1) is 0 Å². The Morgan fingerprint density at radius 2 is 0.638 bits per heavy atom. The Hall–Kier alpha value is -8.58. The number of hydrogen-bond acceptors (Lipinski definition) is 0. The molecule has 0 unspecified atom stereocenters. The van der Waals surface area contributed by atoms with E-state index in [1.165, 1.54) is 153 Å². The van der Waals surface area contributed by atoms with Crippen molar-refractivity contribution in [2.24, 2.45) is 0 Å². The minimum absolute atomic E-state index is 0.0696. The van der Waals surface area contributed by atoms with E-state index < -0.39 is 0 Å². The lowest BCUT2D eigenvalue weighted by Gasteiger charge is -2.22. The summed E-state index contributed by atoms with van der Waals surface area (Å²) in [7, 11) is 0. The molecular weight excluding hydrogens is 829 g/mol. The second kappa shape index (κ2) is 14.2. The molecule has 0 aromatic heterocycles. The Balaban J connectivity index is 1.03. The third-order valence-electron chi connectivity index (χ3n) is 16.0. The Labute approximate surface area is 401 Å². The van der Waals surface area contributed by atoms with Crippen molar-refractivity contribution in [2.45, 2.75) is 19.3 Å². The van der Waals surface area contributed by atoms with Crippen LogP contribution in [0.25, 0.3) is 142 Å². The SMILES string of the molecule is CC1(C)c2ccccc2-c2cc(-c3ccc(-c4cc(-c5cccc6ccccc56)ccc4-c4ccc5ccc6cccc7ccc4c5c67)cc3-c3ccc4ccc5cccc6ccc3c4c56)ccc21. The topological polar surface area (TPSA) is 0 Å². The summed E-state index contributed by atoms with van der Waals surface area (Å²) in [6, 6.07) is 87.5. The molecule has 0 heteroatoms. The molecule has 1 aliphatic carbocycles. The van der Waals surface area contributed by atoms with Gasteiger partial charge in [-0.1, -0.05) is 226 Å². The molecular formula is C69H44. The molecule has 0 aliphatic heterocycles. The van der Waals surface area contributed by atoms with Crippen LogP contribution in [0.3, 0.4) is 0 Å². The summed E-state index contributed by atoms with van der Waals surface area (Å²) < 4.78 is 0. The third kappa shape index (κ3) is 5.52. The summed E-state index contributed by atoms with van der Waals surface area (Å²) in [6.07, 6.45) is 0. The van der Waals surface area contributed by atoms with Gasteiger partial charge in [-0.3, -0.25) is 0 Å². The van der Waals surface area contributed by atoms with Gasteiger partial charge in [0.1, 0.15) is 0 Å². The molecule has 69 heavy (non-hydrogen) atoms. The van der Waals surface area contributed by atoms with Gasteiger partial charge >= 0.3 is 0 Å². The fraction of sp³-hybridized carbons (Fsp3) is 0.0435. The van der Waals surface area contributed by atoms with Crippen molar-refractivity contribution in [1.82, 2.24) is 0 Å². The molecule has 14 aromatic carbocycles. The zero-order valence-electron chi connectivity index (χ0n) is 38.4. The molecule has 0 saturated carbocycles. The smallest absolute Gasteiger partial charge is 0.0158 e. The first kappa shape index (κ1) is 38.5. The van der Waals surface area contributed by atoms with Crippen molar-refractivity contribution < 1.29 is 0 Å². The van der Waals surface area contributed by atoms with Crippen molar-refractivity contribution in [3.63, 3.8) is 0 Å². The maximum atomic E-state index is 2.51. The van der Waals surface area contributed by atoms with Gasteiger partial charge in [-0.25, -0.2) is 0 Å². The van der Waals surface area contributed by atoms with Crippen LogP contribution in [0.4, 0.5) is 0 Å². The highest BCUT2D eigenvalue weighted by Gasteiger charge is 2.35. The van der Waals surface area contributed by atoms with Gasteiger partial charge in [-0.05, 0) is 171 Å². The van der Waals surface area contributed by atoms with Crippen LogP contribution < -0.4 is 0 Å². The number of rotatable bonds is 5. The molecule has 0 nitrogen and oxygen atoms in total. The predicted octanol–water partition coefficient (Wildman–Crippen LogP) is 19.3. The van der Waals surface area contributed by atoms with Gasteiger partial charge < -0.3 is 0 Å². The molecule has 0 amide bonds. The largest absolute Gasteiger partial charge is 0.0619 e. The molecule has 0 spiro atoms. The lowest BCUT2D eigenvalue weighted by molar-refractivity contribution is 0.660. The summed E-state index contributed by atoms with van der Waals surface area (Å²) in [4.78, 5) is 0. The second-order valence-corrected chi connectivity index (χ2v) is 19.9. The van der Waals surface area contributed by atoms with Crippen molar-refractivity contribution in [3.05, 3.63) is 242 Å². The van der Waals surface area contributed by atoms with Gasteiger partial charge in [0.15, 0.2) is 0 Å². The van der Waals surface area contributed by atoms with Crippen LogP contribution in [-0.2, 0) is 5.41 Å². The fourth-order valence-corrected chi connectivity index (χ4v) is 12.7. The van der Waals surface area contributed by atoms with E-state index in [0.717, 1.165) is 0 Å². The minimum Gasteiger partial charge on any atom is -0.0619 e. The summed E-state index contributed by atoms with van der Waals surface area (Å²) in [5.41, 5.74) is 17.6. The first-order valence-corrected chi connectivity index (χ1v) is 24.3. The highest BCUT2D eigenvalue weighted by atomic mass is 14.4. The van der Waals surface area contributed by atoms with Gasteiger partial charge in [0, 0.05) is 5.41 Å². The quantitative estimate of drug-likeness (QED) is 0.151. The van der Waals surface area contributed by atoms with Crippen molar-refractivity contribution in [3.8, 4) is 66.8 Å². The molecule has 0 N–H and O–H groups in total. The molecule has 0 bridgehead atoms. The van der Waals surface area contributed by atoms with E-state index in [9.17, 15) is 0 Å². The van der Waals surface area contributed by atoms with E-state index in [0.29, 0.717) is 0 Å². The van der Waals surface area contributed by atoms with E-state index >= 15 is 0 Å². The summed E-state index contributed by atoms with van der Waals surface area (Å²) in [6.45, 7) is 4.74. The van der Waals surface area contributed by atoms with Crippen LogP contribution in [0.1, 0.15) is 25.0 Å². The summed E-state index contributed by atoms with van der Waals surface area (Å²) in [5.74, 6) is 0. The first-order chi connectivity index (χ1) is 34.0. The fourth-order valence-electron chi connectivity index (χ4n) is 12.7. The molecule has 0 saturated heterocycles. The summed E-state index contributed by atoms with van der Waals surface area (Å²) in [5, 5.41) is 18.0. The Morgan fingerprint density at radius 1 is 0.217 bits per heavy atom. The van der Waals surface area contributed by atoms with Crippen LogP contribution in [0.15, 0.2) is 231 Å². The molecule has 320 valence electrons. The molecule has 0 radical (unpaired) electrons. The van der Waals surface area contributed by atoms with Crippen LogP contribution in [-0.4, -0.2) is 0 Å². The second-order valence-electron chi connectivity index (χ2n) is 19.9. The van der Waals surface area contributed by atoms with E-state index in [1.807, 2.05) is 0 Å². The highest BCUT2D eigenvalue weighted by molar-refractivity contribution is 6.27. The highest BCUT2D eigenvalue weighted by Crippen LogP contribution is 2.52. The minimum atomic E-state index is -0.0696. The zero-order valence-corrected chi connectivity index (χ0v) is 38.4. The predicted molar refractivity (Wildman–Crippen MR) is 296 cm³/mol. The first-order valence-electron chi connectivity index (χ1n) is 24.3. The molecule has 14 aromatic rings. The van der Waals surface area contributed by atoms with Gasteiger partial charge in [0.2, 0.25) is 0 Å². The van der Waals surface area contributed by atoms with Gasteiger partial charge in [0.25, 0.3) is 0 Å². The molecule has 0 heterocycles. The molecule has 0 fully saturated rings. The molecule has 0 atom stereocenters. The van der Waals surface area contributed by atoms with E-state index in [1.54, 1.807) is 0 Å². The van der Waals surface area contributed by atoms with Crippen LogP contribution >= 0.6 is 0 Å². The maximum Gasteiger partial charge on any atom is 0.0158 e.